The Hall–Kier alpha value is -3.52. The van der Waals surface area contributed by atoms with Crippen molar-refractivity contribution in [1.29, 1.82) is 0 Å². The van der Waals surface area contributed by atoms with Crippen LogP contribution in [-0.2, 0) is 43.6 Å². The third-order valence-corrected chi connectivity index (χ3v) is 6.95. The Labute approximate surface area is 243 Å². The van der Waals surface area contributed by atoms with Gasteiger partial charge in [-0.2, -0.15) is 0 Å². The molecule has 41 heavy (non-hydrogen) atoms. The summed E-state index contributed by atoms with van der Waals surface area (Å²) in [7, 11) is 0. The molecule has 0 saturated carbocycles. The molecule has 1 heterocycles. The normalized spacial score (nSPS) is 20.6. The molecule has 7 nitrogen and oxygen atoms in total. The van der Waals surface area contributed by atoms with Crippen molar-refractivity contribution >= 4 is 12.4 Å². The SMILES string of the molecule is CC(C)(C)OC(=O)N1[C@@H](CCC=O)[C@H](OCc2ccccc2)[C@@H](OCc2ccccc2)[C@@H]1COCc1ccccc1. The first-order chi connectivity index (χ1) is 19.9. The summed E-state index contributed by atoms with van der Waals surface area (Å²) in [5.74, 6) is 0. The van der Waals surface area contributed by atoms with Crippen LogP contribution in [0.2, 0.25) is 0 Å². The molecular weight excluding hydrogens is 518 g/mol. The quantitative estimate of drug-likeness (QED) is 0.228. The standard InChI is InChI=1S/C34H41NO6/c1-34(2,3)41-33(37)35-29(20-13-21-36)31(39-23-27-16-9-5-10-17-27)32(40-24-28-18-11-6-12-19-28)30(35)25-38-22-26-14-7-4-8-15-26/h4-12,14-19,21,29-32H,13,20,22-25H2,1-3H3/t29-,30-,31-,32-/m0/s1. The zero-order valence-corrected chi connectivity index (χ0v) is 24.2. The van der Waals surface area contributed by atoms with E-state index in [0.717, 1.165) is 23.0 Å². The molecule has 4 atom stereocenters. The lowest BCUT2D eigenvalue weighted by molar-refractivity contribution is -0.108. The van der Waals surface area contributed by atoms with Crippen molar-refractivity contribution in [2.45, 2.75) is 83.3 Å². The molecule has 3 aromatic rings. The minimum atomic E-state index is -0.703. The molecule has 218 valence electrons. The highest BCUT2D eigenvalue weighted by Crippen LogP contribution is 2.35. The Morgan fingerprint density at radius 1 is 0.732 bits per heavy atom. The second-order valence-electron chi connectivity index (χ2n) is 11.3. The van der Waals surface area contributed by atoms with E-state index in [1.807, 2.05) is 112 Å². The Morgan fingerprint density at radius 3 is 1.66 bits per heavy atom. The third kappa shape index (κ3) is 8.98. The van der Waals surface area contributed by atoms with Crippen LogP contribution in [0.4, 0.5) is 4.79 Å². The summed E-state index contributed by atoms with van der Waals surface area (Å²) in [6, 6.07) is 28.8. The van der Waals surface area contributed by atoms with Gasteiger partial charge in [0, 0.05) is 6.42 Å². The van der Waals surface area contributed by atoms with Crippen molar-refractivity contribution in [3.8, 4) is 0 Å². The number of benzene rings is 3. The molecule has 1 amide bonds. The van der Waals surface area contributed by atoms with E-state index in [9.17, 15) is 9.59 Å². The topological polar surface area (TPSA) is 74.3 Å². The lowest BCUT2D eigenvalue weighted by Gasteiger charge is -2.33. The first-order valence-corrected chi connectivity index (χ1v) is 14.2. The van der Waals surface area contributed by atoms with E-state index in [4.69, 9.17) is 18.9 Å². The number of likely N-dealkylation sites (tertiary alicyclic amines) is 1. The van der Waals surface area contributed by atoms with Crippen molar-refractivity contribution in [2.75, 3.05) is 6.61 Å². The monoisotopic (exact) mass is 559 g/mol. The van der Waals surface area contributed by atoms with Crippen LogP contribution in [0.1, 0.15) is 50.3 Å². The zero-order chi connectivity index (χ0) is 29.1. The van der Waals surface area contributed by atoms with Gasteiger partial charge in [0.2, 0.25) is 0 Å². The molecule has 0 spiro atoms. The molecule has 0 bridgehead atoms. The molecule has 7 heteroatoms. The van der Waals surface area contributed by atoms with Gasteiger partial charge in [0.25, 0.3) is 0 Å². The number of carbonyl (C=O) groups excluding carboxylic acids is 2. The Kier molecular flexibility index (Phi) is 11.1. The summed E-state index contributed by atoms with van der Waals surface area (Å²) in [6.45, 7) is 6.82. The molecule has 1 fully saturated rings. The van der Waals surface area contributed by atoms with Crippen LogP contribution in [0.3, 0.4) is 0 Å². The molecular formula is C34H41NO6. The van der Waals surface area contributed by atoms with E-state index in [-0.39, 0.29) is 13.0 Å². The van der Waals surface area contributed by atoms with Gasteiger partial charge in [-0.15, -0.1) is 0 Å². The predicted molar refractivity (Wildman–Crippen MR) is 157 cm³/mol. The maximum atomic E-state index is 13.8. The molecule has 1 aliphatic heterocycles. The van der Waals surface area contributed by atoms with Gasteiger partial charge in [-0.1, -0.05) is 91.0 Å². The number of rotatable bonds is 13. The summed E-state index contributed by atoms with van der Waals surface area (Å²) >= 11 is 0. The highest BCUT2D eigenvalue weighted by atomic mass is 16.6. The van der Waals surface area contributed by atoms with Gasteiger partial charge in [0.05, 0.1) is 38.5 Å². The van der Waals surface area contributed by atoms with Crippen molar-refractivity contribution in [1.82, 2.24) is 4.90 Å². The molecule has 1 saturated heterocycles. The minimum absolute atomic E-state index is 0.219. The van der Waals surface area contributed by atoms with Crippen LogP contribution in [-0.4, -0.2) is 53.8 Å². The largest absolute Gasteiger partial charge is 0.444 e. The van der Waals surface area contributed by atoms with Crippen molar-refractivity contribution < 1.29 is 28.5 Å². The van der Waals surface area contributed by atoms with Gasteiger partial charge in [-0.25, -0.2) is 4.79 Å². The summed E-state index contributed by atoms with van der Waals surface area (Å²) in [5.41, 5.74) is 2.35. The van der Waals surface area contributed by atoms with E-state index in [2.05, 4.69) is 0 Å². The van der Waals surface area contributed by atoms with E-state index >= 15 is 0 Å². The maximum Gasteiger partial charge on any atom is 0.411 e. The van der Waals surface area contributed by atoms with E-state index in [1.54, 1.807) is 4.90 Å². The first kappa shape index (κ1) is 30.4. The molecule has 0 aromatic heterocycles. The molecule has 0 N–H and O–H groups in total. The van der Waals surface area contributed by atoms with Gasteiger partial charge >= 0.3 is 6.09 Å². The lowest BCUT2D eigenvalue weighted by atomic mass is 10.0. The Morgan fingerprint density at radius 2 is 1.20 bits per heavy atom. The zero-order valence-electron chi connectivity index (χ0n) is 24.2. The summed E-state index contributed by atoms with van der Waals surface area (Å²) in [5, 5.41) is 0. The number of hydrogen-bond acceptors (Lipinski definition) is 6. The Bertz CT molecular complexity index is 1200. The molecule has 4 rings (SSSR count). The highest BCUT2D eigenvalue weighted by molar-refractivity contribution is 5.70. The van der Waals surface area contributed by atoms with E-state index in [1.165, 1.54) is 0 Å². The Balaban J connectivity index is 1.65. The van der Waals surface area contributed by atoms with Crippen molar-refractivity contribution in [3.63, 3.8) is 0 Å². The van der Waals surface area contributed by atoms with Gasteiger partial charge in [0.1, 0.15) is 24.1 Å². The second-order valence-corrected chi connectivity index (χ2v) is 11.3. The predicted octanol–water partition coefficient (Wildman–Crippen LogP) is 6.34. The lowest BCUT2D eigenvalue weighted by Crippen LogP contribution is -2.48. The van der Waals surface area contributed by atoms with E-state index < -0.39 is 36.0 Å². The minimum Gasteiger partial charge on any atom is -0.444 e. The fraction of sp³-hybridized carbons (Fsp3) is 0.412. The fourth-order valence-corrected chi connectivity index (χ4v) is 5.12. The van der Waals surface area contributed by atoms with Crippen LogP contribution in [0.5, 0.6) is 0 Å². The highest BCUT2D eigenvalue weighted by Gasteiger charge is 2.53. The number of nitrogens with zero attached hydrogens (tertiary/aromatic N) is 1. The number of amides is 1. The van der Waals surface area contributed by atoms with Gasteiger partial charge < -0.3 is 23.7 Å². The molecule has 1 aliphatic rings. The summed E-state index contributed by atoms with van der Waals surface area (Å²) in [6.07, 6.45) is 0.0813. The van der Waals surface area contributed by atoms with Crippen LogP contribution in [0.15, 0.2) is 91.0 Å². The van der Waals surface area contributed by atoms with Crippen molar-refractivity contribution in [3.05, 3.63) is 108 Å². The second kappa shape index (κ2) is 14.9. The summed E-state index contributed by atoms with van der Waals surface area (Å²) in [4.78, 5) is 27.0. The molecule has 0 unspecified atom stereocenters. The van der Waals surface area contributed by atoms with Crippen LogP contribution < -0.4 is 0 Å². The number of aldehydes is 1. The molecule has 0 radical (unpaired) electrons. The number of hydrogen-bond donors (Lipinski definition) is 0. The fourth-order valence-electron chi connectivity index (χ4n) is 5.12. The van der Waals surface area contributed by atoms with Gasteiger partial charge in [0.15, 0.2) is 0 Å². The smallest absolute Gasteiger partial charge is 0.411 e. The van der Waals surface area contributed by atoms with Crippen molar-refractivity contribution in [2.24, 2.45) is 0 Å². The number of carbonyl (C=O) groups is 2. The maximum absolute atomic E-state index is 13.8. The molecule has 0 aliphatic carbocycles. The summed E-state index contributed by atoms with van der Waals surface area (Å²) < 4.78 is 25.2. The van der Waals surface area contributed by atoms with E-state index in [0.29, 0.717) is 26.2 Å². The molecule has 3 aromatic carbocycles. The average molecular weight is 560 g/mol. The van der Waals surface area contributed by atoms with Crippen LogP contribution >= 0.6 is 0 Å². The van der Waals surface area contributed by atoms with Gasteiger partial charge in [-0.3, -0.25) is 4.90 Å². The first-order valence-electron chi connectivity index (χ1n) is 14.2. The van der Waals surface area contributed by atoms with Gasteiger partial charge in [-0.05, 0) is 43.9 Å². The average Bonchev–Trinajstić information content (AvgIpc) is 3.26. The van der Waals surface area contributed by atoms with Crippen LogP contribution in [0, 0.1) is 0 Å². The third-order valence-electron chi connectivity index (χ3n) is 6.95. The number of ether oxygens (including phenoxy) is 4. The van der Waals surface area contributed by atoms with Crippen LogP contribution in [0.25, 0.3) is 0 Å².